The van der Waals surface area contributed by atoms with Gasteiger partial charge in [-0.1, -0.05) is 283 Å². The minimum atomic E-state index is -1.45. The van der Waals surface area contributed by atoms with E-state index in [0.29, 0.717) is 5.46 Å². The molecule has 2 heterocycles. The molecule has 2 aromatic heterocycles. The van der Waals surface area contributed by atoms with Crippen LogP contribution in [0.4, 0.5) is 38.8 Å². The lowest BCUT2D eigenvalue weighted by atomic mass is 9.80. The predicted octanol–water partition coefficient (Wildman–Crippen LogP) is 24.9. The molecule has 464 valence electrons. The monoisotopic (exact) mass is 1350 g/mol. The molecule has 0 unspecified atom stereocenters. The minimum Gasteiger partial charge on any atom is -0.423 e. The van der Waals surface area contributed by atoms with Gasteiger partial charge in [-0.2, -0.15) is 0 Å². The SMILES string of the molecule is Brc1ccc(N(c2ccccc2)c2ccc(-c3ccccc3)cc2)cc1.F.OB(O)c1cccc2c1sc1c2ccc2ccc3ccccc3c21.c1ccc(-c2ccc(N(c3ccccc3)c3ccc(-c4cccc5c4sc4c5ccc5ccc6ccccc6c54)cc3)cc2)cc1. The lowest BCUT2D eigenvalue weighted by Crippen LogP contribution is -2.29. The normalized spacial score (nSPS) is 11.2. The molecular weight excluding hydrogens is 1290 g/mol. The van der Waals surface area contributed by atoms with Gasteiger partial charge < -0.3 is 19.8 Å². The van der Waals surface area contributed by atoms with Crippen molar-refractivity contribution in [3.8, 4) is 33.4 Å². The molecule has 0 spiro atoms. The highest BCUT2D eigenvalue weighted by molar-refractivity contribution is 9.10. The van der Waals surface area contributed by atoms with E-state index in [1.165, 1.54) is 107 Å². The van der Waals surface area contributed by atoms with Crippen LogP contribution in [0.15, 0.2) is 356 Å². The van der Waals surface area contributed by atoms with E-state index in [4.69, 9.17) is 0 Å². The molecule has 0 saturated heterocycles. The highest BCUT2D eigenvalue weighted by Gasteiger charge is 2.21. The first-order chi connectivity index (χ1) is 47.4. The van der Waals surface area contributed by atoms with Crippen LogP contribution in [0.2, 0.25) is 0 Å². The Labute approximate surface area is 578 Å². The molecule has 18 rings (SSSR count). The van der Waals surface area contributed by atoms with Gasteiger partial charge in [0.05, 0.1) is 0 Å². The summed E-state index contributed by atoms with van der Waals surface area (Å²) >= 11 is 7.09. The third-order valence-corrected chi connectivity index (χ3v) is 21.2. The summed E-state index contributed by atoms with van der Waals surface area (Å²) in [6.07, 6.45) is 0. The van der Waals surface area contributed by atoms with E-state index < -0.39 is 7.12 Å². The molecule has 0 radical (unpaired) electrons. The molecule has 9 heteroatoms. The Bertz CT molecular complexity index is 5800. The van der Waals surface area contributed by atoms with Gasteiger partial charge in [-0.3, -0.25) is 4.70 Å². The zero-order valence-corrected chi connectivity index (χ0v) is 55.7. The Morgan fingerprint density at radius 1 is 0.247 bits per heavy atom. The Morgan fingerprint density at radius 3 is 1.02 bits per heavy atom. The number of para-hydroxylation sites is 2. The van der Waals surface area contributed by atoms with E-state index in [0.717, 1.165) is 48.7 Å². The van der Waals surface area contributed by atoms with Gasteiger partial charge in [0, 0.05) is 84.3 Å². The molecule has 16 aromatic carbocycles. The summed E-state index contributed by atoms with van der Waals surface area (Å²) in [6.45, 7) is 0. The molecule has 0 saturated carbocycles. The maximum atomic E-state index is 9.69. The molecule has 0 atom stereocenters. The summed E-state index contributed by atoms with van der Waals surface area (Å²) in [7, 11) is -1.45. The standard InChI is InChI=1S/C44H29NS.C24H18BrN.C20H13BO2S.FH/c1-3-10-30(11-4-1)31-20-25-36(26-21-31)45(35-13-5-2-6-14-35)37-27-22-33(23-28-37)39-16-9-17-40-41-29-24-34-19-18-32-12-7-8-15-38(32)42(34)44(41)46-43(39)40;25-21-13-17-24(18-14-21)26(22-9-5-2-6-10-22)23-15-11-20(12-16-23)19-7-3-1-4-8-19;22-21(23)17-7-3-6-15-16-11-10-13-9-8-12-4-1-2-5-14(12)18(13)20(16)24-19(15)17;/h1-29H;1-18H;1-11,22-23H;1H. The number of halogens is 2. The zero-order chi connectivity index (χ0) is 64.5. The van der Waals surface area contributed by atoms with Gasteiger partial charge in [0.1, 0.15) is 0 Å². The van der Waals surface area contributed by atoms with Crippen LogP contribution in [-0.2, 0) is 0 Å². The fourth-order valence-electron chi connectivity index (χ4n) is 13.4. The van der Waals surface area contributed by atoms with Crippen molar-refractivity contribution in [1.82, 2.24) is 0 Å². The van der Waals surface area contributed by atoms with Crippen LogP contribution in [0.1, 0.15) is 0 Å². The number of hydrogen-bond acceptors (Lipinski definition) is 6. The van der Waals surface area contributed by atoms with Gasteiger partial charge in [-0.05, 0) is 161 Å². The van der Waals surface area contributed by atoms with Crippen molar-refractivity contribution < 1.29 is 14.8 Å². The maximum absolute atomic E-state index is 9.69. The highest BCUT2D eigenvalue weighted by Crippen LogP contribution is 2.46. The van der Waals surface area contributed by atoms with E-state index in [1.54, 1.807) is 17.4 Å². The zero-order valence-electron chi connectivity index (χ0n) is 52.5. The number of rotatable bonds is 10. The maximum Gasteiger partial charge on any atom is 0.489 e. The lowest BCUT2D eigenvalue weighted by Gasteiger charge is -2.26. The summed E-state index contributed by atoms with van der Waals surface area (Å²) < 4.78 is 5.92. The molecule has 0 aliphatic rings. The summed E-state index contributed by atoms with van der Waals surface area (Å²) in [4.78, 5) is 4.59. The van der Waals surface area contributed by atoms with Crippen molar-refractivity contribution in [2.45, 2.75) is 0 Å². The lowest BCUT2D eigenvalue weighted by molar-refractivity contribution is 0.426. The van der Waals surface area contributed by atoms with E-state index in [-0.39, 0.29) is 4.70 Å². The van der Waals surface area contributed by atoms with E-state index >= 15 is 0 Å². The summed E-state index contributed by atoms with van der Waals surface area (Å²) in [5, 5.41) is 34.4. The molecule has 0 bridgehead atoms. The molecule has 0 aliphatic heterocycles. The molecule has 2 N–H and O–H groups in total. The molecule has 18 aromatic rings. The van der Waals surface area contributed by atoms with E-state index in [9.17, 15) is 10.0 Å². The third-order valence-electron chi connectivity index (χ3n) is 18.1. The highest BCUT2D eigenvalue weighted by atomic mass is 79.9. The van der Waals surface area contributed by atoms with Gasteiger partial charge in [-0.25, -0.2) is 0 Å². The van der Waals surface area contributed by atoms with Gasteiger partial charge in [-0.15, -0.1) is 22.7 Å². The van der Waals surface area contributed by atoms with Crippen molar-refractivity contribution in [1.29, 1.82) is 0 Å². The number of hydrogen-bond donors (Lipinski definition) is 2. The fourth-order valence-corrected chi connectivity index (χ4v) is 16.5. The first-order valence-corrected chi connectivity index (χ1v) is 34.5. The van der Waals surface area contributed by atoms with Crippen LogP contribution in [0.25, 0.3) is 117 Å². The molecule has 0 aliphatic carbocycles. The second-order valence-electron chi connectivity index (χ2n) is 23.8. The molecule has 0 amide bonds. The van der Waals surface area contributed by atoms with Crippen LogP contribution in [0.5, 0.6) is 0 Å². The van der Waals surface area contributed by atoms with Crippen LogP contribution in [-0.4, -0.2) is 17.2 Å². The number of fused-ring (bicyclic) bond motifs is 14. The third kappa shape index (κ3) is 12.2. The number of nitrogens with zero attached hydrogens (tertiary/aromatic N) is 2. The minimum absolute atomic E-state index is 0. The summed E-state index contributed by atoms with van der Waals surface area (Å²) in [5.74, 6) is 0. The van der Waals surface area contributed by atoms with Crippen LogP contribution in [0.3, 0.4) is 0 Å². The summed E-state index contributed by atoms with van der Waals surface area (Å²) in [6, 6.07) is 124. The van der Waals surface area contributed by atoms with Gasteiger partial charge in [0.15, 0.2) is 0 Å². The van der Waals surface area contributed by atoms with E-state index in [1.807, 2.05) is 29.5 Å². The Kier molecular flexibility index (Phi) is 17.5. The van der Waals surface area contributed by atoms with Crippen molar-refractivity contribution in [3.63, 3.8) is 0 Å². The first kappa shape index (κ1) is 62.1. The van der Waals surface area contributed by atoms with Crippen molar-refractivity contribution >= 4 is 169 Å². The second kappa shape index (κ2) is 27.4. The Hall–Kier alpha value is -11.0. The molecule has 0 fully saturated rings. The van der Waals surface area contributed by atoms with Gasteiger partial charge in [0.25, 0.3) is 0 Å². The van der Waals surface area contributed by atoms with Gasteiger partial charge >= 0.3 is 7.12 Å². The number of benzene rings is 16. The van der Waals surface area contributed by atoms with E-state index in [2.05, 4.69) is 353 Å². The average Bonchev–Trinajstić information content (AvgIpc) is 1.61. The molecule has 4 nitrogen and oxygen atoms in total. The Morgan fingerprint density at radius 2 is 0.567 bits per heavy atom. The van der Waals surface area contributed by atoms with Crippen molar-refractivity contribution in [2.75, 3.05) is 9.80 Å². The quantitative estimate of drug-likeness (QED) is 0.106. The summed E-state index contributed by atoms with van der Waals surface area (Å²) in [5.41, 5.74) is 14.8. The van der Waals surface area contributed by atoms with Gasteiger partial charge in [0.2, 0.25) is 0 Å². The molecule has 97 heavy (non-hydrogen) atoms. The second-order valence-corrected chi connectivity index (χ2v) is 26.8. The predicted molar refractivity (Wildman–Crippen MR) is 421 cm³/mol. The largest absolute Gasteiger partial charge is 0.489 e. The van der Waals surface area contributed by atoms with Crippen molar-refractivity contribution in [2.24, 2.45) is 0 Å². The van der Waals surface area contributed by atoms with Crippen LogP contribution >= 0.6 is 38.6 Å². The topological polar surface area (TPSA) is 46.9 Å². The van der Waals surface area contributed by atoms with Crippen molar-refractivity contribution in [3.05, 3.63) is 356 Å². The average molecular weight is 1350 g/mol. The molecular formula is C88H61BBrFN2O2S2. The first-order valence-electron chi connectivity index (χ1n) is 32.1. The van der Waals surface area contributed by atoms with Crippen LogP contribution in [0, 0.1) is 0 Å². The smallest absolute Gasteiger partial charge is 0.423 e. The fraction of sp³-hybridized carbons (Fsp3) is 0. The number of anilines is 6. The van der Waals surface area contributed by atoms with Crippen LogP contribution < -0.4 is 15.3 Å². The number of thiophene rings is 2. The Balaban J connectivity index is 0.000000128.